The highest BCUT2D eigenvalue weighted by atomic mass is 16.2. The molecule has 1 saturated heterocycles. The van der Waals surface area contributed by atoms with E-state index in [0.29, 0.717) is 19.5 Å². The van der Waals surface area contributed by atoms with Crippen LogP contribution in [0.25, 0.3) is 0 Å². The van der Waals surface area contributed by atoms with Gasteiger partial charge in [0.05, 0.1) is 6.42 Å². The number of amides is 1. The van der Waals surface area contributed by atoms with E-state index >= 15 is 0 Å². The molecule has 1 aliphatic rings. The number of aromatic nitrogens is 3. The number of hydrogen-bond acceptors (Lipinski definition) is 5. The van der Waals surface area contributed by atoms with E-state index in [-0.39, 0.29) is 5.91 Å². The Hall–Kier alpha value is -2.50. The van der Waals surface area contributed by atoms with Gasteiger partial charge >= 0.3 is 0 Å². The van der Waals surface area contributed by atoms with Gasteiger partial charge in [0.1, 0.15) is 0 Å². The van der Waals surface area contributed by atoms with Crippen LogP contribution < -0.4 is 4.90 Å². The van der Waals surface area contributed by atoms with Crippen molar-refractivity contribution in [2.24, 2.45) is 0 Å². The fourth-order valence-electron chi connectivity index (χ4n) is 2.51. The number of rotatable bonds is 3. The van der Waals surface area contributed by atoms with E-state index < -0.39 is 0 Å². The molecule has 2 aromatic rings. The molecule has 3 rings (SSSR count). The monoisotopic (exact) mass is 297 g/mol. The minimum atomic E-state index is 0.128. The first-order valence-corrected chi connectivity index (χ1v) is 7.44. The van der Waals surface area contributed by atoms with Gasteiger partial charge in [-0.25, -0.2) is 9.97 Å². The SMILES string of the molecule is Cc1ccnc(N2CCN(C(=O)Cc3ccccn3)CC2)n1. The summed E-state index contributed by atoms with van der Waals surface area (Å²) in [5.74, 6) is 0.875. The summed E-state index contributed by atoms with van der Waals surface area (Å²) in [5, 5.41) is 0. The lowest BCUT2D eigenvalue weighted by molar-refractivity contribution is -0.130. The van der Waals surface area contributed by atoms with Crippen molar-refractivity contribution in [1.82, 2.24) is 19.9 Å². The fourth-order valence-corrected chi connectivity index (χ4v) is 2.51. The molecule has 1 amide bonds. The standard InChI is InChI=1S/C16H19N5O/c1-13-5-7-18-16(19-13)21-10-8-20(9-11-21)15(22)12-14-4-2-3-6-17-14/h2-7H,8-12H2,1H3. The van der Waals surface area contributed by atoms with Crippen LogP contribution in [0.2, 0.25) is 0 Å². The van der Waals surface area contributed by atoms with Crippen LogP contribution in [0.15, 0.2) is 36.7 Å². The summed E-state index contributed by atoms with van der Waals surface area (Å²) in [6.45, 7) is 4.87. The van der Waals surface area contributed by atoms with Crippen LogP contribution in [0.5, 0.6) is 0 Å². The highest BCUT2D eigenvalue weighted by Crippen LogP contribution is 2.12. The van der Waals surface area contributed by atoms with E-state index in [2.05, 4.69) is 19.9 Å². The largest absolute Gasteiger partial charge is 0.339 e. The lowest BCUT2D eigenvalue weighted by Crippen LogP contribution is -2.49. The quantitative estimate of drug-likeness (QED) is 0.848. The van der Waals surface area contributed by atoms with Crippen LogP contribution in [0.4, 0.5) is 5.95 Å². The second-order valence-electron chi connectivity index (χ2n) is 5.36. The van der Waals surface area contributed by atoms with Crippen molar-refractivity contribution in [2.75, 3.05) is 31.1 Å². The third-order valence-corrected chi connectivity index (χ3v) is 3.76. The molecule has 0 N–H and O–H groups in total. The topological polar surface area (TPSA) is 62.2 Å². The molecule has 0 unspecified atom stereocenters. The Morgan fingerprint density at radius 2 is 1.91 bits per heavy atom. The maximum absolute atomic E-state index is 12.3. The molecule has 2 aromatic heterocycles. The van der Waals surface area contributed by atoms with E-state index in [1.807, 2.05) is 36.1 Å². The Balaban J connectivity index is 1.56. The van der Waals surface area contributed by atoms with Gasteiger partial charge in [-0.3, -0.25) is 9.78 Å². The highest BCUT2D eigenvalue weighted by molar-refractivity contribution is 5.78. The molecule has 0 saturated carbocycles. The van der Waals surface area contributed by atoms with Gasteiger partial charge in [0.25, 0.3) is 0 Å². The van der Waals surface area contributed by atoms with Crippen LogP contribution in [0.1, 0.15) is 11.4 Å². The van der Waals surface area contributed by atoms with Gasteiger partial charge in [0, 0.05) is 50.0 Å². The molecular weight excluding hydrogens is 278 g/mol. The van der Waals surface area contributed by atoms with Gasteiger partial charge in [-0.1, -0.05) is 6.07 Å². The molecule has 6 heteroatoms. The van der Waals surface area contributed by atoms with Gasteiger partial charge in [-0.15, -0.1) is 0 Å². The second-order valence-corrected chi connectivity index (χ2v) is 5.36. The Morgan fingerprint density at radius 3 is 2.59 bits per heavy atom. The molecule has 1 fully saturated rings. The molecule has 0 radical (unpaired) electrons. The molecule has 6 nitrogen and oxygen atoms in total. The number of carbonyl (C=O) groups is 1. The van der Waals surface area contributed by atoms with Crippen molar-refractivity contribution in [3.63, 3.8) is 0 Å². The van der Waals surface area contributed by atoms with Gasteiger partial charge in [0.2, 0.25) is 11.9 Å². The minimum absolute atomic E-state index is 0.128. The van der Waals surface area contributed by atoms with E-state index in [1.165, 1.54) is 0 Å². The number of hydrogen-bond donors (Lipinski definition) is 0. The molecular formula is C16H19N5O. The van der Waals surface area contributed by atoms with Gasteiger partial charge in [0.15, 0.2) is 0 Å². The first-order valence-electron chi connectivity index (χ1n) is 7.44. The van der Waals surface area contributed by atoms with Crippen LogP contribution in [0, 0.1) is 6.92 Å². The zero-order valence-corrected chi connectivity index (χ0v) is 12.6. The maximum atomic E-state index is 12.3. The smallest absolute Gasteiger partial charge is 0.228 e. The van der Waals surface area contributed by atoms with Crippen molar-refractivity contribution in [3.8, 4) is 0 Å². The Bertz CT molecular complexity index is 638. The number of piperazine rings is 1. The zero-order valence-electron chi connectivity index (χ0n) is 12.6. The lowest BCUT2D eigenvalue weighted by atomic mass is 10.2. The summed E-state index contributed by atoms with van der Waals surface area (Å²) in [4.78, 5) is 29.3. The number of aryl methyl sites for hydroxylation is 1. The van der Waals surface area contributed by atoms with Crippen molar-refractivity contribution < 1.29 is 4.79 Å². The summed E-state index contributed by atoms with van der Waals surface area (Å²) >= 11 is 0. The van der Waals surface area contributed by atoms with Crippen LogP contribution in [0.3, 0.4) is 0 Å². The predicted molar refractivity (Wildman–Crippen MR) is 83.5 cm³/mol. The third kappa shape index (κ3) is 3.39. The highest BCUT2D eigenvalue weighted by Gasteiger charge is 2.22. The summed E-state index contributed by atoms with van der Waals surface area (Å²) in [6.07, 6.45) is 3.85. The van der Waals surface area contributed by atoms with Crippen molar-refractivity contribution in [3.05, 3.63) is 48.0 Å². The Kier molecular flexibility index (Phi) is 4.27. The molecule has 0 bridgehead atoms. The van der Waals surface area contributed by atoms with E-state index in [4.69, 9.17) is 0 Å². The molecule has 114 valence electrons. The van der Waals surface area contributed by atoms with Crippen LogP contribution >= 0.6 is 0 Å². The second kappa shape index (κ2) is 6.51. The van der Waals surface area contributed by atoms with Gasteiger partial charge in [-0.2, -0.15) is 0 Å². The fraction of sp³-hybridized carbons (Fsp3) is 0.375. The molecule has 1 aliphatic heterocycles. The van der Waals surface area contributed by atoms with E-state index in [1.54, 1.807) is 12.4 Å². The first-order chi connectivity index (χ1) is 10.7. The molecule has 0 atom stereocenters. The van der Waals surface area contributed by atoms with Gasteiger partial charge < -0.3 is 9.80 Å². The van der Waals surface area contributed by atoms with Crippen molar-refractivity contribution in [2.45, 2.75) is 13.3 Å². The zero-order chi connectivity index (χ0) is 15.4. The van der Waals surface area contributed by atoms with Gasteiger partial charge in [-0.05, 0) is 25.1 Å². The van der Waals surface area contributed by atoms with E-state index in [0.717, 1.165) is 30.4 Å². The normalized spacial score (nSPS) is 15.0. The number of anilines is 1. The molecule has 0 aliphatic carbocycles. The molecule has 3 heterocycles. The summed E-state index contributed by atoms with van der Waals surface area (Å²) < 4.78 is 0. The van der Waals surface area contributed by atoms with Crippen molar-refractivity contribution in [1.29, 1.82) is 0 Å². The third-order valence-electron chi connectivity index (χ3n) is 3.76. The average Bonchev–Trinajstić information content (AvgIpc) is 2.56. The number of carbonyl (C=O) groups excluding carboxylic acids is 1. The number of nitrogens with zero attached hydrogens (tertiary/aromatic N) is 5. The molecule has 0 spiro atoms. The first kappa shape index (κ1) is 14.4. The van der Waals surface area contributed by atoms with Crippen LogP contribution in [-0.2, 0) is 11.2 Å². The Morgan fingerprint density at radius 1 is 1.09 bits per heavy atom. The average molecular weight is 297 g/mol. The number of pyridine rings is 1. The lowest BCUT2D eigenvalue weighted by Gasteiger charge is -2.34. The molecule has 0 aromatic carbocycles. The van der Waals surface area contributed by atoms with Crippen molar-refractivity contribution >= 4 is 11.9 Å². The van der Waals surface area contributed by atoms with Crippen LogP contribution in [-0.4, -0.2) is 51.9 Å². The summed E-state index contributed by atoms with van der Waals surface area (Å²) in [5.41, 5.74) is 1.77. The molecule has 22 heavy (non-hydrogen) atoms. The predicted octanol–water partition coefficient (Wildman–Crippen LogP) is 1.07. The summed E-state index contributed by atoms with van der Waals surface area (Å²) in [6, 6.07) is 7.53. The Labute approximate surface area is 129 Å². The minimum Gasteiger partial charge on any atom is -0.339 e. The maximum Gasteiger partial charge on any atom is 0.228 e. The summed E-state index contributed by atoms with van der Waals surface area (Å²) in [7, 11) is 0. The van der Waals surface area contributed by atoms with E-state index in [9.17, 15) is 4.79 Å².